The second-order valence-electron chi connectivity index (χ2n) is 9.82. The minimum absolute atomic E-state index is 0.200. The zero-order valence-electron chi connectivity index (χ0n) is 22.8. The molecular weight excluding hydrogens is 461 g/mol. The van der Waals surface area contributed by atoms with Crippen LogP contribution >= 0.6 is 7.92 Å². The molecule has 0 radical (unpaired) electrons. The van der Waals surface area contributed by atoms with Gasteiger partial charge in [0.15, 0.2) is 0 Å². The first kappa shape index (κ1) is 26.2. The van der Waals surface area contributed by atoms with Crippen LogP contribution < -0.4 is 20.1 Å². The van der Waals surface area contributed by atoms with Crippen LogP contribution in [0.4, 0.5) is 0 Å². The first-order valence-corrected chi connectivity index (χ1v) is 13.8. The lowest BCUT2D eigenvalue weighted by Crippen LogP contribution is -2.24. The number of nitrogens with zero attached hydrogens (tertiary/aromatic N) is 1. The summed E-state index contributed by atoms with van der Waals surface area (Å²) in [4.78, 5) is 2.34. The van der Waals surface area contributed by atoms with Crippen LogP contribution in [-0.2, 0) is 0 Å². The van der Waals surface area contributed by atoms with E-state index in [0.717, 1.165) is 17.9 Å². The van der Waals surface area contributed by atoms with E-state index in [1.807, 2.05) is 0 Å². The van der Waals surface area contributed by atoms with Crippen molar-refractivity contribution in [3.05, 3.63) is 105 Å². The molecule has 3 aromatic rings. The number of benzene rings is 3. The quantitative estimate of drug-likeness (QED) is 0.315. The Bertz CT molecular complexity index is 1200. The van der Waals surface area contributed by atoms with Gasteiger partial charge in [-0.25, -0.2) is 0 Å². The minimum Gasteiger partial charge on any atom is -0.496 e. The standard InChI is InChI=1S/C32H38NO2P/c1-21-17-26(18-22(2)31(21)34-7)36(27-19-23(3)32(35-8)24(4)20-27)29-16-12-15-28(29)30(33(5)6)25-13-10-9-11-14-25/h9-11,13-20,30H,12H2,1-8H3/t30-/m0/s1. The van der Waals surface area contributed by atoms with Crippen molar-refractivity contribution in [2.24, 2.45) is 0 Å². The van der Waals surface area contributed by atoms with Gasteiger partial charge in [-0.2, -0.15) is 0 Å². The van der Waals surface area contributed by atoms with E-state index in [2.05, 4.69) is 113 Å². The molecule has 0 heterocycles. The van der Waals surface area contributed by atoms with Gasteiger partial charge in [0.25, 0.3) is 0 Å². The van der Waals surface area contributed by atoms with Crippen LogP contribution in [0.3, 0.4) is 0 Å². The average Bonchev–Trinajstić information content (AvgIpc) is 3.28. The van der Waals surface area contributed by atoms with Gasteiger partial charge >= 0.3 is 0 Å². The zero-order chi connectivity index (χ0) is 26.0. The highest BCUT2D eigenvalue weighted by molar-refractivity contribution is 7.77. The van der Waals surface area contributed by atoms with Gasteiger partial charge in [0, 0.05) is 0 Å². The number of likely N-dealkylation sites (N-methyl/N-ethyl adjacent to an activating group) is 1. The van der Waals surface area contributed by atoms with E-state index in [9.17, 15) is 0 Å². The Labute approximate surface area is 218 Å². The van der Waals surface area contributed by atoms with Gasteiger partial charge < -0.3 is 9.47 Å². The van der Waals surface area contributed by atoms with Crippen LogP contribution in [0.15, 0.2) is 77.6 Å². The Morgan fingerprint density at radius 1 is 0.722 bits per heavy atom. The van der Waals surface area contributed by atoms with E-state index in [4.69, 9.17) is 9.47 Å². The zero-order valence-corrected chi connectivity index (χ0v) is 23.7. The molecular formula is C32H38NO2P. The van der Waals surface area contributed by atoms with Crippen molar-refractivity contribution in [1.82, 2.24) is 4.90 Å². The van der Waals surface area contributed by atoms with Crippen LogP contribution in [0.25, 0.3) is 0 Å². The smallest absolute Gasteiger partial charge is 0.124 e. The van der Waals surface area contributed by atoms with Crippen LogP contribution in [0, 0.1) is 27.7 Å². The van der Waals surface area contributed by atoms with E-state index in [1.165, 1.54) is 49.3 Å². The Morgan fingerprint density at radius 3 is 1.61 bits per heavy atom. The van der Waals surface area contributed by atoms with Gasteiger partial charge in [-0.05, 0) is 130 Å². The number of ether oxygens (including phenoxy) is 2. The van der Waals surface area contributed by atoms with E-state index in [0.29, 0.717) is 0 Å². The van der Waals surface area contributed by atoms with Crippen molar-refractivity contribution < 1.29 is 9.47 Å². The van der Waals surface area contributed by atoms with Crippen molar-refractivity contribution in [2.75, 3.05) is 28.3 Å². The maximum Gasteiger partial charge on any atom is 0.124 e. The summed E-state index contributed by atoms with van der Waals surface area (Å²) in [7, 11) is 7.10. The molecule has 3 nitrogen and oxygen atoms in total. The van der Waals surface area contributed by atoms with Gasteiger partial charge in [-0.1, -0.05) is 42.5 Å². The molecule has 1 aliphatic rings. The second kappa shape index (κ2) is 11.0. The fourth-order valence-corrected chi connectivity index (χ4v) is 8.47. The summed E-state index contributed by atoms with van der Waals surface area (Å²) in [6.45, 7) is 8.61. The highest BCUT2D eigenvalue weighted by Gasteiger charge is 2.31. The first-order valence-electron chi connectivity index (χ1n) is 12.5. The third-order valence-electron chi connectivity index (χ3n) is 6.93. The van der Waals surface area contributed by atoms with E-state index >= 15 is 0 Å². The molecule has 36 heavy (non-hydrogen) atoms. The molecule has 0 saturated carbocycles. The van der Waals surface area contributed by atoms with Gasteiger partial charge in [0.05, 0.1) is 20.3 Å². The third-order valence-corrected chi connectivity index (χ3v) is 9.40. The molecule has 0 unspecified atom stereocenters. The van der Waals surface area contributed by atoms with Crippen LogP contribution in [-0.4, -0.2) is 33.2 Å². The molecule has 0 saturated heterocycles. The first-order chi connectivity index (χ1) is 17.3. The van der Waals surface area contributed by atoms with Gasteiger partial charge in [0.2, 0.25) is 0 Å². The Kier molecular flexibility index (Phi) is 8.03. The number of methoxy groups -OCH3 is 2. The van der Waals surface area contributed by atoms with Crippen LogP contribution in [0.2, 0.25) is 0 Å². The summed E-state index contributed by atoms with van der Waals surface area (Å²) in [5, 5.41) is 4.16. The molecule has 188 valence electrons. The summed E-state index contributed by atoms with van der Waals surface area (Å²) < 4.78 is 11.4. The molecule has 0 fully saturated rings. The number of hydrogen-bond donors (Lipinski definition) is 0. The molecule has 0 amide bonds. The summed E-state index contributed by atoms with van der Waals surface area (Å²) in [6, 6.07) is 20.4. The Balaban J connectivity index is 1.92. The van der Waals surface area contributed by atoms with Crippen molar-refractivity contribution in [2.45, 2.75) is 40.2 Å². The fraction of sp³-hybridized carbons (Fsp3) is 0.312. The van der Waals surface area contributed by atoms with Crippen molar-refractivity contribution >= 4 is 18.5 Å². The molecule has 4 heteroatoms. The maximum absolute atomic E-state index is 5.72. The molecule has 1 atom stereocenters. The van der Waals surface area contributed by atoms with Crippen molar-refractivity contribution in [3.8, 4) is 11.5 Å². The second-order valence-corrected chi connectivity index (χ2v) is 12.0. The van der Waals surface area contributed by atoms with Gasteiger partial charge in [0.1, 0.15) is 11.5 Å². The monoisotopic (exact) mass is 499 g/mol. The molecule has 0 spiro atoms. The topological polar surface area (TPSA) is 21.7 Å². The van der Waals surface area contributed by atoms with Crippen LogP contribution in [0.1, 0.15) is 40.3 Å². The van der Waals surface area contributed by atoms with Crippen LogP contribution in [0.5, 0.6) is 11.5 Å². The molecule has 0 N–H and O–H groups in total. The number of hydrogen-bond acceptors (Lipinski definition) is 3. The lowest BCUT2D eigenvalue weighted by atomic mass is 9.98. The molecule has 0 aromatic heterocycles. The Hall–Kier alpha value is -2.87. The predicted molar refractivity (Wildman–Crippen MR) is 155 cm³/mol. The summed E-state index contributed by atoms with van der Waals surface area (Å²) in [6.07, 6.45) is 5.84. The predicted octanol–water partition coefficient (Wildman–Crippen LogP) is 6.89. The number of aryl methyl sites for hydroxylation is 4. The normalized spacial score (nSPS) is 14.2. The van der Waals surface area contributed by atoms with E-state index < -0.39 is 7.92 Å². The van der Waals surface area contributed by atoms with E-state index in [-0.39, 0.29) is 6.04 Å². The highest BCUT2D eigenvalue weighted by atomic mass is 31.1. The average molecular weight is 500 g/mol. The number of allylic oxidation sites excluding steroid dienone is 2. The SMILES string of the molecule is COc1c(C)cc(P(C2=CCC=C2[C@H](c2ccccc2)N(C)C)c2cc(C)c(OC)c(C)c2)cc1C. The van der Waals surface area contributed by atoms with Crippen molar-refractivity contribution in [1.29, 1.82) is 0 Å². The largest absolute Gasteiger partial charge is 0.496 e. The van der Waals surface area contributed by atoms with Gasteiger partial charge in [-0.3, -0.25) is 4.90 Å². The molecule has 3 aromatic carbocycles. The highest BCUT2D eigenvalue weighted by Crippen LogP contribution is 2.53. The summed E-state index contributed by atoms with van der Waals surface area (Å²) in [5.41, 5.74) is 7.45. The third kappa shape index (κ3) is 5.01. The molecule has 1 aliphatic carbocycles. The fourth-order valence-electron chi connectivity index (χ4n) is 5.57. The van der Waals surface area contributed by atoms with Crippen molar-refractivity contribution in [3.63, 3.8) is 0 Å². The minimum atomic E-state index is -0.783. The number of rotatable bonds is 8. The lowest BCUT2D eigenvalue weighted by molar-refractivity contribution is 0.341. The van der Waals surface area contributed by atoms with Gasteiger partial charge in [-0.15, -0.1) is 0 Å². The summed E-state index contributed by atoms with van der Waals surface area (Å²) >= 11 is 0. The molecule has 0 bridgehead atoms. The Morgan fingerprint density at radius 2 is 1.19 bits per heavy atom. The lowest BCUT2D eigenvalue weighted by Gasteiger charge is -2.32. The van der Waals surface area contributed by atoms with E-state index in [1.54, 1.807) is 14.2 Å². The molecule has 4 rings (SSSR count). The molecule has 0 aliphatic heterocycles. The maximum atomic E-state index is 5.72. The summed E-state index contributed by atoms with van der Waals surface area (Å²) in [5.74, 6) is 1.95.